The van der Waals surface area contributed by atoms with Crippen LogP contribution in [0.4, 0.5) is 11.4 Å². The zero-order valence-electron chi connectivity index (χ0n) is 20.0. The number of hydrogen-bond acceptors (Lipinski definition) is 6. The Labute approximate surface area is 200 Å². The maximum atomic E-state index is 12.8. The Morgan fingerprint density at radius 3 is 2.65 bits per heavy atom. The van der Waals surface area contributed by atoms with E-state index in [1.165, 1.54) is 0 Å². The van der Waals surface area contributed by atoms with Gasteiger partial charge in [0.25, 0.3) is 11.8 Å². The highest BCUT2D eigenvalue weighted by Gasteiger charge is 2.28. The van der Waals surface area contributed by atoms with Crippen molar-refractivity contribution in [3.63, 3.8) is 0 Å². The third kappa shape index (κ3) is 5.68. The molecule has 1 saturated carbocycles. The summed E-state index contributed by atoms with van der Waals surface area (Å²) in [6.45, 7) is 6.28. The molecule has 4 rings (SSSR count). The van der Waals surface area contributed by atoms with Gasteiger partial charge in [-0.15, -0.1) is 0 Å². The van der Waals surface area contributed by atoms with Crippen molar-refractivity contribution >= 4 is 29.1 Å². The molecule has 0 atom stereocenters. The Morgan fingerprint density at radius 1 is 1.15 bits per heavy atom. The lowest BCUT2D eigenvalue weighted by atomic mass is 10.0. The topological polar surface area (TPSA) is 104 Å². The van der Waals surface area contributed by atoms with Crippen molar-refractivity contribution in [2.75, 3.05) is 32.1 Å². The number of aliphatic imine (C=N–C) groups is 1. The molecule has 2 aromatic rings. The summed E-state index contributed by atoms with van der Waals surface area (Å²) < 4.78 is 5.64. The number of nitrogens with zero attached hydrogens (tertiary/aromatic N) is 1. The van der Waals surface area contributed by atoms with Crippen molar-refractivity contribution in [2.45, 2.75) is 39.0 Å². The lowest BCUT2D eigenvalue weighted by molar-refractivity contribution is 0.0946. The molecule has 0 radical (unpaired) electrons. The molecule has 4 N–H and O–H groups in total. The summed E-state index contributed by atoms with van der Waals surface area (Å²) in [4.78, 5) is 29.7. The van der Waals surface area contributed by atoms with Crippen LogP contribution in [-0.2, 0) is 0 Å². The third-order valence-corrected chi connectivity index (χ3v) is 5.98. The minimum absolute atomic E-state index is 0.154. The predicted molar refractivity (Wildman–Crippen MR) is 134 cm³/mol. The van der Waals surface area contributed by atoms with Crippen molar-refractivity contribution < 1.29 is 14.3 Å². The van der Waals surface area contributed by atoms with Crippen molar-refractivity contribution in [1.82, 2.24) is 16.0 Å². The van der Waals surface area contributed by atoms with Gasteiger partial charge in [-0.3, -0.25) is 19.9 Å². The fourth-order valence-corrected chi connectivity index (χ4v) is 3.96. The van der Waals surface area contributed by atoms with Crippen LogP contribution in [-0.4, -0.2) is 44.5 Å². The summed E-state index contributed by atoms with van der Waals surface area (Å²) in [5.41, 5.74) is 3.79. The summed E-state index contributed by atoms with van der Waals surface area (Å²) in [5, 5.41) is 12.3. The van der Waals surface area contributed by atoms with E-state index in [9.17, 15) is 9.59 Å². The standard InChI is InChI=1S/C26H33N5O3/c1-16(2)11-12-27-25(33)19-5-4-6-22(23(19)34-3)30-21-10-9-18(15-20(21)17-7-8-17)24(32)31-26-28-13-14-29-26/h4-6,9-10,15-17,30H,7-8,11-14H2,1-3H3,(H,27,33)(H2,28,29,31,32). The fraction of sp³-hybridized carbons (Fsp3) is 0.423. The van der Waals surface area contributed by atoms with Crippen LogP contribution >= 0.6 is 0 Å². The molecule has 8 nitrogen and oxygen atoms in total. The molecule has 0 bridgehead atoms. The number of hydrogen-bond donors (Lipinski definition) is 4. The summed E-state index contributed by atoms with van der Waals surface area (Å²) in [6.07, 6.45) is 3.09. The van der Waals surface area contributed by atoms with Gasteiger partial charge < -0.3 is 20.7 Å². The van der Waals surface area contributed by atoms with E-state index in [-0.39, 0.29) is 11.8 Å². The van der Waals surface area contributed by atoms with Crippen LogP contribution in [0.15, 0.2) is 41.4 Å². The maximum Gasteiger partial charge on any atom is 0.257 e. The second-order valence-corrected chi connectivity index (χ2v) is 9.14. The van der Waals surface area contributed by atoms with Crippen molar-refractivity contribution in [1.29, 1.82) is 0 Å². The first-order valence-corrected chi connectivity index (χ1v) is 11.9. The summed E-state index contributed by atoms with van der Waals surface area (Å²) in [5.74, 6) is 1.61. The average Bonchev–Trinajstić information content (AvgIpc) is 3.55. The van der Waals surface area contributed by atoms with E-state index in [0.29, 0.717) is 53.4 Å². The number of amides is 2. The molecule has 180 valence electrons. The molecule has 0 unspecified atom stereocenters. The van der Waals surface area contributed by atoms with Crippen LogP contribution in [0.2, 0.25) is 0 Å². The van der Waals surface area contributed by atoms with Gasteiger partial charge in [0.05, 0.1) is 24.9 Å². The number of carbonyl (C=O) groups is 2. The molecule has 2 amide bonds. The second kappa shape index (κ2) is 10.6. The van der Waals surface area contributed by atoms with E-state index in [4.69, 9.17) is 4.74 Å². The third-order valence-electron chi connectivity index (χ3n) is 5.98. The summed E-state index contributed by atoms with van der Waals surface area (Å²) >= 11 is 0. The number of anilines is 2. The highest BCUT2D eigenvalue weighted by Crippen LogP contribution is 2.45. The second-order valence-electron chi connectivity index (χ2n) is 9.14. The first-order valence-electron chi connectivity index (χ1n) is 11.9. The number of para-hydroxylation sites is 1. The normalized spacial score (nSPS) is 14.9. The van der Waals surface area contributed by atoms with Crippen LogP contribution in [0.25, 0.3) is 0 Å². The van der Waals surface area contributed by atoms with Gasteiger partial charge in [0, 0.05) is 24.3 Å². The van der Waals surface area contributed by atoms with Gasteiger partial charge in [-0.2, -0.15) is 0 Å². The zero-order chi connectivity index (χ0) is 24.1. The molecule has 1 heterocycles. The molecule has 1 aliphatic carbocycles. The number of carbonyl (C=O) groups excluding carboxylic acids is 2. The lowest BCUT2D eigenvalue weighted by Crippen LogP contribution is -2.38. The number of ether oxygens (including phenoxy) is 1. The molecule has 0 spiro atoms. The van der Waals surface area contributed by atoms with E-state index < -0.39 is 0 Å². The molecule has 34 heavy (non-hydrogen) atoms. The molecule has 2 aliphatic rings. The van der Waals surface area contributed by atoms with E-state index in [2.05, 4.69) is 40.1 Å². The van der Waals surface area contributed by atoms with Crippen LogP contribution in [0, 0.1) is 5.92 Å². The van der Waals surface area contributed by atoms with Gasteiger partial charge in [0.2, 0.25) is 0 Å². The Kier molecular flexibility index (Phi) is 7.35. The Bertz CT molecular complexity index is 1090. The maximum absolute atomic E-state index is 12.8. The molecule has 1 aliphatic heterocycles. The van der Waals surface area contributed by atoms with Crippen LogP contribution < -0.4 is 26.0 Å². The van der Waals surface area contributed by atoms with E-state index in [0.717, 1.165) is 37.1 Å². The van der Waals surface area contributed by atoms with E-state index in [1.54, 1.807) is 19.2 Å². The first-order chi connectivity index (χ1) is 16.5. The largest absolute Gasteiger partial charge is 0.494 e. The van der Waals surface area contributed by atoms with Crippen LogP contribution in [0.5, 0.6) is 5.75 Å². The fourth-order valence-electron chi connectivity index (χ4n) is 3.96. The molecular weight excluding hydrogens is 430 g/mol. The Hall–Kier alpha value is -3.55. The SMILES string of the molecule is COc1c(Nc2ccc(C(=O)NC3=NCCN3)cc2C2CC2)cccc1C(=O)NCCC(C)C. The van der Waals surface area contributed by atoms with Gasteiger partial charge in [-0.25, -0.2) is 0 Å². The average molecular weight is 464 g/mol. The number of methoxy groups -OCH3 is 1. The molecule has 1 fully saturated rings. The number of rotatable bonds is 9. The summed E-state index contributed by atoms with van der Waals surface area (Å²) in [7, 11) is 1.57. The van der Waals surface area contributed by atoms with E-state index >= 15 is 0 Å². The monoisotopic (exact) mass is 463 g/mol. The lowest BCUT2D eigenvalue weighted by Gasteiger charge is -2.18. The minimum atomic E-state index is -0.181. The number of benzene rings is 2. The van der Waals surface area contributed by atoms with E-state index in [1.807, 2.05) is 24.3 Å². The van der Waals surface area contributed by atoms with Crippen molar-refractivity contribution in [2.24, 2.45) is 10.9 Å². The molecule has 2 aromatic carbocycles. The number of nitrogens with one attached hydrogen (secondary N) is 4. The minimum Gasteiger partial charge on any atom is -0.494 e. The van der Waals surface area contributed by atoms with Gasteiger partial charge in [0.15, 0.2) is 11.7 Å². The van der Waals surface area contributed by atoms with Crippen LogP contribution in [0.1, 0.15) is 65.3 Å². The zero-order valence-corrected chi connectivity index (χ0v) is 20.0. The van der Waals surface area contributed by atoms with Gasteiger partial charge in [-0.05, 0) is 67.0 Å². The first kappa shape index (κ1) is 23.6. The smallest absolute Gasteiger partial charge is 0.257 e. The van der Waals surface area contributed by atoms with Gasteiger partial charge in [-0.1, -0.05) is 19.9 Å². The molecule has 0 aromatic heterocycles. The Balaban J connectivity index is 1.54. The van der Waals surface area contributed by atoms with Gasteiger partial charge in [0.1, 0.15) is 0 Å². The van der Waals surface area contributed by atoms with Crippen molar-refractivity contribution in [3.05, 3.63) is 53.1 Å². The quantitative estimate of drug-likeness (QED) is 0.453. The molecule has 0 saturated heterocycles. The number of guanidine groups is 1. The molecular formula is C26H33N5O3. The van der Waals surface area contributed by atoms with Crippen molar-refractivity contribution in [3.8, 4) is 5.75 Å². The highest BCUT2D eigenvalue weighted by atomic mass is 16.5. The van der Waals surface area contributed by atoms with Gasteiger partial charge >= 0.3 is 0 Å². The van der Waals surface area contributed by atoms with Crippen LogP contribution in [0.3, 0.4) is 0 Å². The molecule has 8 heteroatoms. The highest BCUT2D eigenvalue weighted by molar-refractivity contribution is 6.06. The Morgan fingerprint density at radius 2 is 1.97 bits per heavy atom. The summed E-state index contributed by atoms with van der Waals surface area (Å²) in [6, 6.07) is 11.2. The predicted octanol–water partition coefficient (Wildman–Crippen LogP) is 3.78.